The molecule has 1 fully saturated rings. The molecule has 1 aliphatic heterocycles. The maximum Gasteiger partial charge on any atom is 0.328 e. The van der Waals surface area contributed by atoms with Crippen molar-refractivity contribution in [3.05, 3.63) is 12.2 Å². The maximum atomic E-state index is 9.55. The van der Waals surface area contributed by atoms with Gasteiger partial charge in [0.05, 0.1) is 19.3 Å². The van der Waals surface area contributed by atoms with Gasteiger partial charge in [-0.1, -0.05) is 0 Å². The van der Waals surface area contributed by atoms with E-state index in [2.05, 4.69) is 5.32 Å². The van der Waals surface area contributed by atoms with Crippen molar-refractivity contribution in [2.75, 3.05) is 26.3 Å². The van der Waals surface area contributed by atoms with Crippen molar-refractivity contribution >= 4 is 11.9 Å². The zero-order valence-electron chi connectivity index (χ0n) is 8.63. The van der Waals surface area contributed by atoms with Gasteiger partial charge in [-0.2, -0.15) is 0 Å². The molecule has 0 saturated carbocycles. The third kappa shape index (κ3) is 9.13. The molecule has 0 unspecified atom stereocenters. The minimum Gasteiger partial charge on any atom is -0.478 e. The van der Waals surface area contributed by atoms with Crippen molar-refractivity contribution in [3.8, 4) is 0 Å². The minimum atomic E-state index is -1.26. The number of aliphatic hydroxyl groups is 1. The predicted octanol–water partition coefficient (Wildman–Crippen LogP) is -1.32. The average Bonchev–Trinajstić information content (AvgIpc) is 2.28. The summed E-state index contributed by atoms with van der Waals surface area (Å²) in [5, 5.41) is 27.3. The van der Waals surface area contributed by atoms with Gasteiger partial charge in [-0.25, -0.2) is 9.59 Å². The maximum absolute atomic E-state index is 9.55. The number of carbonyl (C=O) groups is 2. The SMILES string of the molecule is O=C(O)C=CC(=O)O.OC[C@H]1CNCCO1. The summed E-state index contributed by atoms with van der Waals surface area (Å²) in [4.78, 5) is 19.1. The summed E-state index contributed by atoms with van der Waals surface area (Å²) in [5.74, 6) is -2.51. The molecule has 7 heteroatoms. The molecule has 0 aromatic carbocycles. The van der Waals surface area contributed by atoms with E-state index in [-0.39, 0.29) is 12.7 Å². The van der Waals surface area contributed by atoms with E-state index >= 15 is 0 Å². The fraction of sp³-hybridized carbons (Fsp3) is 0.556. The number of nitrogens with one attached hydrogen (secondary N) is 1. The van der Waals surface area contributed by atoms with Crippen LogP contribution in [0, 0.1) is 0 Å². The highest BCUT2D eigenvalue weighted by molar-refractivity contribution is 5.89. The topological polar surface area (TPSA) is 116 Å². The highest BCUT2D eigenvalue weighted by atomic mass is 16.5. The van der Waals surface area contributed by atoms with E-state index in [1.54, 1.807) is 0 Å². The normalized spacial score (nSPS) is 19.9. The van der Waals surface area contributed by atoms with Crippen LogP contribution in [0.25, 0.3) is 0 Å². The van der Waals surface area contributed by atoms with Gasteiger partial charge in [0, 0.05) is 25.2 Å². The first-order valence-electron chi connectivity index (χ1n) is 4.63. The molecule has 16 heavy (non-hydrogen) atoms. The monoisotopic (exact) mass is 233 g/mol. The van der Waals surface area contributed by atoms with Crippen LogP contribution in [0.3, 0.4) is 0 Å². The summed E-state index contributed by atoms with van der Waals surface area (Å²) in [6.45, 7) is 2.56. The van der Waals surface area contributed by atoms with E-state index in [4.69, 9.17) is 20.1 Å². The fourth-order valence-corrected chi connectivity index (χ4v) is 0.880. The van der Waals surface area contributed by atoms with E-state index in [1.807, 2.05) is 0 Å². The molecular formula is C9H15NO6. The number of hydrogen-bond acceptors (Lipinski definition) is 5. The summed E-state index contributed by atoms with van der Waals surface area (Å²) >= 11 is 0. The second kappa shape index (κ2) is 8.84. The number of carboxylic acids is 2. The molecular weight excluding hydrogens is 218 g/mol. The first kappa shape index (κ1) is 14.6. The van der Waals surface area contributed by atoms with Crippen LogP contribution in [-0.4, -0.2) is 59.7 Å². The third-order valence-electron chi connectivity index (χ3n) is 1.58. The molecule has 0 amide bonds. The van der Waals surface area contributed by atoms with Crippen molar-refractivity contribution in [2.45, 2.75) is 6.10 Å². The Balaban J connectivity index is 0.000000281. The smallest absolute Gasteiger partial charge is 0.328 e. The molecule has 0 bridgehead atoms. The number of aliphatic carboxylic acids is 2. The van der Waals surface area contributed by atoms with Crippen LogP contribution >= 0.6 is 0 Å². The third-order valence-corrected chi connectivity index (χ3v) is 1.58. The molecule has 1 atom stereocenters. The van der Waals surface area contributed by atoms with Crippen molar-refractivity contribution < 1.29 is 29.6 Å². The summed E-state index contributed by atoms with van der Waals surface area (Å²) in [6.07, 6.45) is 1.15. The molecule has 92 valence electrons. The van der Waals surface area contributed by atoms with Crippen LogP contribution in [0.1, 0.15) is 0 Å². The summed E-state index contributed by atoms with van der Waals surface area (Å²) in [5.41, 5.74) is 0. The van der Waals surface area contributed by atoms with Gasteiger partial charge in [0.1, 0.15) is 0 Å². The minimum absolute atomic E-state index is 0.0312. The highest BCUT2D eigenvalue weighted by Gasteiger charge is 2.10. The molecule has 0 aromatic rings. The van der Waals surface area contributed by atoms with Gasteiger partial charge in [0.25, 0.3) is 0 Å². The van der Waals surface area contributed by atoms with Gasteiger partial charge in [-0.15, -0.1) is 0 Å². The molecule has 7 nitrogen and oxygen atoms in total. The van der Waals surface area contributed by atoms with Crippen LogP contribution in [0.15, 0.2) is 12.2 Å². The standard InChI is InChI=1S/C5H11NO2.C4H4O4/c7-4-5-3-6-1-2-8-5;5-3(6)1-2-4(7)8/h5-7H,1-4H2;1-2H,(H,5,6)(H,7,8)/t5-;/m1./s1. The van der Waals surface area contributed by atoms with E-state index in [0.29, 0.717) is 12.2 Å². The van der Waals surface area contributed by atoms with Crippen LogP contribution in [0.4, 0.5) is 0 Å². The zero-order chi connectivity index (χ0) is 12.4. The molecule has 0 spiro atoms. The Morgan fingerprint density at radius 1 is 1.31 bits per heavy atom. The Labute approximate surface area is 92.3 Å². The Hall–Kier alpha value is -1.44. The highest BCUT2D eigenvalue weighted by Crippen LogP contribution is 1.92. The Morgan fingerprint density at radius 3 is 2.12 bits per heavy atom. The molecule has 1 saturated heterocycles. The van der Waals surface area contributed by atoms with E-state index in [9.17, 15) is 9.59 Å². The average molecular weight is 233 g/mol. The van der Waals surface area contributed by atoms with Crippen LogP contribution in [0.2, 0.25) is 0 Å². The quantitative estimate of drug-likeness (QED) is 0.447. The fourth-order valence-electron chi connectivity index (χ4n) is 0.880. The van der Waals surface area contributed by atoms with Gasteiger partial charge < -0.3 is 25.4 Å². The number of aliphatic hydroxyl groups excluding tert-OH is 1. The molecule has 4 N–H and O–H groups in total. The lowest BCUT2D eigenvalue weighted by molar-refractivity contribution is -0.134. The van der Waals surface area contributed by atoms with Gasteiger partial charge >= 0.3 is 11.9 Å². The summed E-state index contributed by atoms with van der Waals surface area (Å²) < 4.78 is 5.11. The van der Waals surface area contributed by atoms with Crippen molar-refractivity contribution in [1.29, 1.82) is 0 Å². The number of ether oxygens (including phenoxy) is 1. The number of morpholine rings is 1. The molecule has 1 rings (SSSR count). The Kier molecular flexibility index (Phi) is 8.04. The van der Waals surface area contributed by atoms with Crippen LogP contribution < -0.4 is 5.32 Å². The van der Waals surface area contributed by atoms with Crippen molar-refractivity contribution in [1.82, 2.24) is 5.32 Å². The second-order valence-corrected chi connectivity index (χ2v) is 2.89. The number of hydrogen-bond donors (Lipinski definition) is 4. The molecule has 0 radical (unpaired) electrons. The number of rotatable bonds is 3. The zero-order valence-corrected chi connectivity index (χ0v) is 8.63. The van der Waals surface area contributed by atoms with Gasteiger partial charge in [0.2, 0.25) is 0 Å². The molecule has 1 aliphatic rings. The summed E-state index contributed by atoms with van der Waals surface area (Å²) in [7, 11) is 0. The molecule has 0 aliphatic carbocycles. The van der Waals surface area contributed by atoms with Crippen LogP contribution in [0.5, 0.6) is 0 Å². The Morgan fingerprint density at radius 2 is 1.88 bits per heavy atom. The Bertz CT molecular complexity index is 230. The predicted molar refractivity (Wildman–Crippen MR) is 54.1 cm³/mol. The number of carboxylic acid groups (broad SMARTS) is 2. The van der Waals surface area contributed by atoms with Crippen LogP contribution in [-0.2, 0) is 14.3 Å². The molecule has 1 heterocycles. The van der Waals surface area contributed by atoms with Gasteiger partial charge in [0.15, 0.2) is 0 Å². The van der Waals surface area contributed by atoms with E-state index in [1.165, 1.54) is 0 Å². The first-order chi connectivity index (χ1) is 7.56. The van der Waals surface area contributed by atoms with Crippen molar-refractivity contribution in [3.63, 3.8) is 0 Å². The van der Waals surface area contributed by atoms with Gasteiger partial charge in [-0.05, 0) is 0 Å². The van der Waals surface area contributed by atoms with Crippen molar-refractivity contribution in [2.24, 2.45) is 0 Å². The summed E-state index contributed by atoms with van der Waals surface area (Å²) in [6, 6.07) is 0. The molecule has 0 aromatic heterocycles. The lowest BCUT2D eigenvalue weighted by atomic mass is 10.3. The largest absolute Gasteiger partial charge is 0.478 e. The van der Waals surface area contributed by atoms with Gasteiger partial charge in [-0.3, -0.25) is 0 Å². The first-order valence-corrected chi connectivity index (χ1v) is 4.63. The van der Waals surface area contributed by atoms with E-state index < -0.39 is 11.9 Å². The van der Waals surface area contributed by atoms with E-state index in [0.717, 1.165) is 19.7 Å². The lowest BCUT2D eigenvalue weighted by Gasteiger charge is -2.21. The second-order valence-electron chi connectivity index (χ2n) is 2.89. The lowest BCUT2D eigenvalue weighted by Crippen LogP contribution is -2.40.